The van der Waals surface area contributed by atoms with Gasteiger partial charge in [-0.25, -0.2) is 0 Å². The van der Waals surface area contributed by atoms with E-state index in [1.165, 1.54) is 5.57 Å². The van der Waals surface area contributed by atoms with E-state index in [1.807, 2.05) is 6.08 Å². The van der Waals surface area contributed by atoms with Gasteiger partial charge < -0.3 is 20.1 Å². The zero-order chi connectivity index (χ0) is 25.3. The SMILES string of the molecule is C[C@H](OC(=O)CC[C@@](C)(O)C(F)(F)F)C1=CC[C@H]2/C(=C/C=C3C[C@@H](O)C[C@H](O)C3)CCC[C@]12C. The lowest BCUT2D eigenvalue weighted by Gasteiger charge is -2.42. The van der Waals surface area contributed by atoms with Crippen LogP contribution in [0.4, 0.5) is 13.2 Å². The van der Waals surface area contributed by atoms with E-state index in [4.69, 9.17) is 4.74 Å². The minimum atomic E-state index is -4.80. The van der Waals surface area contributed by atoms with Crippen LogP contribution < -0.4 is 0 Å². The van der Waals surface area contributed by atoms with Crippen molar-refractivity contribution in [2.75, 3.05) is 0 Å². The van der Waals surface area contributed by atoms with Gasteiger partial charge in [-0.2, -0.15) is 13.2 Å². The van der Waals surface area contributed by atoms with Crippen LogP contribution in [0.2, 0.25) is 0 Å². The second-order valence-electron chi connectivity index (χ2n) is 10.6. The third-order valence-electron chi connectivity index (χ3n) is 7.86. The van der Waals surface area contributed by atoms with E-state index in [1.54, 1.807) is 6.92 Å². The maximum atomic E-state index is 12.8. The van der Waals surface area contributed by atoms with Crippen molar-refractivity contribution in [3.05, 3.63) is 34.9 Å². The van der Waals surface area contributed by atoms with Gasteiger partial charge in [0.05, 0.1) is 12.2 Å². The fourth-order valence-electron chi connectivity index (χ4n) is 5.82. The van der Waals surface area contributed by atoms with Crippen molar-refractivity contribution in [3.8, 4) is 0 Å². The summed E-state index contributed by atoms with van der Waals surface area (Å²) < 4.78 is 44.0. The lowest BCUT2D eigenvalue weighted by Crippen LogP contribution is -2.42. The van der Waals surface area contributed by atoms with E-state index < -0.39 is 48.9 Å². The van der Waals surface area contributed by atoms with E-state index in [9.17, 15) is 33.3 Å². The molecule has 6 atom stereocenters. The van der Waals surface area contributed by atoms with Crippen LogP contribution in [0.5, 0.6) is 0 Å². The fourth-order valence-corrected chi connectivity index (χ4v) is 5.82. The zero-order valence-electron chi connectivity index (χ0n) is 20.2. The van der Waals surface area contributed by atoms with Crippen LogP contribution in [-0.2, 0) is 9.53 Å². The highest BCUT2D eigenvalue weighted by Gasteiger charge is 2.50. The highest BCUT2D eigenvalue weighted by Crippen LogP contribution is 2.55. The van der Waals surface area contributed by atoms with E-state index >= 15 is 0 Å². The second kappa shape index (κ2) is 10.2. The normalized spacial score (nSPS) is 33.7. The molecule has 3 aliphatic carbocycles. The summed E-state index contributed by atoms with van der Waals surface area (Å²) in [6, 6.07) is 0. The third-order valence-corrected chi connectivity index (χ3v) is 7.86. The van der Waals surface area contributed by atoms with Crippen molar-refractivity contribution in [2.24, 2.45) is 11.3 Å². The molecular weight excluding hydrogens is 449 g/mol. The van der Waals surface area contributed by atoms with Crippen molar-refractivity contribution in [1.82, 2.24) is 0 Å². The first-order valence-electron chi connectivity index (χ1n) is 12.2. The van der Waals surface area contributed by atoms with Gasteiger partial charge in [-0.1, -0.05) is 36.3 Å². The largest absolute Gasteiger partial charge is 0.458 e. The average Bonchev–Trinajstić information content (AvgIpc) is 3.07. The molecule has 0 saturated heterocycles. The number of ether oxygens (including phenoxy) is 1. The smallest absolute Gasteiger partial charge is 0.416 e. The third kappa shape index (κ3) is 5.94. The number of esters is 1. The number of aliphatic hydroxyl groups is 3. The van der Waals surface area contributed by atoms with Gasteiger partial charge in [0.2, 0.25) is 0 Å². The lowest BCUT2D eigenvalue weighted by molar-refractivity contribution is -0.255. The van der Waals surface area contributed by atoms with Gasteiger partial charge in [0.25, 0.3) is 0 Å². The molecule has 0 heterocycles. The van der Waals surface area contributed by atoms with Gasteiger partial charge in [-0.05, 0) is 82.1 Å². The Morgan fingerprint density at radius 1 is 1.26 bits per heavy atom. The van der Waals surface area contributed by atoms with Crippen molar-refractivity contribution >= 4 is 5.97 Å². The quantitative estimate of drug-likeness (QED) is 0.367. The Hall–Kier alpha value is -1.64. The molecule has 0 aromatic heterocycles. The molecule has 34 heavy (non-hydrogen) atoms. The second-order valence-corrected chi connectivity index (χ2v) is 10.6. The minimum absolute atomic E-state index is 0.203. The maximum Gasteiger partial charge on any atom is 0.416 e. The Kier molecular flexibility index (Phi) is 8.05. The number of hydrogen-bond donors (Lipinski definition) is 3. The van der Waals surface area contributed by atoms with Crippen LogP contribution in [-0.4, -0.2) is 51.4 Å². The van der Waals surface area contributed by atoms with E-state index in [0.29, 0.717) is 26.2 Å². The van der Waals surface area contributed by atoms with Crippen LogP contribution in [0.25, 0.3) is 0 Å². The Balaban J connectivity index is 1.64. The Morgan fingerprint density at radius 3 is 2.53 bits per heavy atom. The molecular formula is C26H37F3O5. The molecule has 0 radical (unpaired) electrons. The molecule has 8 heteroatoms. The van der Waals surface area contributed by atoms with Gasteiger partial charge >= 0.3 is 12.1 Å². The molecule has 3 N–H and O–H groups in total. The van der Waals surface area contributed by atoms with Crippen LogP contribution in [0.1, 0.15) is 78.6 Å². The number of carbonyl (C=O) groups is 1. The molecule has 0 amide bonds. The van der Waals surface area contributed by atoms with Crippen molar-refractivity contribution in [2.45, 2.75) is 109 Å². The molecule has 0 aromatic rings. The number of carbonyl (C=O) groups excluding carboxylic acids is 1. The van der Waals surface area contributed by atoms with E-state index in [-0.39, 0.29) is 11.3 Å². The summed E-state index contributed by atoms with van der Waals surface area (Å²) >= 11 is 0. The number of alkyl halides is 3. The summed E-state index contributed by atoms with van der Waals surface area (Å²) in [5, 5.41) is 29.4. The highest BCUT2D eigenvalue weighted by atomic mass is 19.4. The molecule has 3 rings (SSSR count). The summed E-state index contributed by atoms with van der Waals surface area (Å²) in [4.78, 5) is 12.3. The highest BCUT2D eigenvalue weighted by molar-refractivity contribution is 5.70. The molecule has 0 bridgehead atoms. The predicted octanol–water partition coefficient (Wildman–Crippen LogP) is 4.91. The average molecular weight is 487 g/mol. The Labute approximate surface area is 199 Å². The summed E-state index contributed by atoms with van der Waals surface area (Å²) in [6.07, 6.45) is 3.80. The first-order valence-corrected chi connectivity index (χ1v) is 12.2. The van der Waals surface area contributed by atoms with Crippen LogP contribution in [0.15, 0.2) is 34.9 Å². The number of allylic oxidation sites excluding steroid dienone is 4. The molecule has 0 aliphatic heterocycles. The number of fused-ring (bicyclic) bond motifs is 1. The monoisotopic (exact) mass is 486 g/mol. The van der Waals surface area contributed by atoms with Gasteiger partial charge in [-0.3, -0.25) is 4.79 Å². The standard InChI is InChI=1S/C26H37F3O5/c1-16(34-23(32)10-12-25(3,33)26(27,28)29)21-8-9-22-18(5-4-11-24(21,22)2)7-6-17-13-19(30)15-20(31)14-17/h6-8,16,19-20,22,30-31,33H,4-5,9-15H2,1-3H3/b18-7+/t16-,19+,20+,22-,24+,25+/m0/s1. The topological polar surface area (TPSA) is 87.0 Å². The number of aliphatic hydroxyl groups excluding tert-OH is 2. The summed E-state index contributed by atoms with van der Waals surface area (Å²) in [5.74, 6) is -0.505. The number of rotatable bonds is 6. The van der Waals surface area contributed by atoms with Crippen LogP contribution in [0, 0.1) is 11.3 Å². The van der Waals surface area contributed by atoms with Crippen LogP contribution in [0.3, 0.4) is 0 Å². The lowest BCUT2D eigenvalue weighted by atomic mass is 9.63. The van der Waals surface area contributed by atoms with Crippen molar-refractivity contribution in [3.63, 3.8) is 0 Å². The number of halogens is 3. The van der Waals surface area contributed by atoms with E-state index in [2.05, 4.69) is 19.1 Å². The fraction of sp³-hybridized carbons (Fsp3) is 0.731. The predicted molar refractivity (Wildman–Crippen MR) is 122 cm³/mol. The Bertz CT molecular complexity index is 845. The molecule has 2 saturated carbocycles. The molecule has 2 fully saturated rings. The van der Waals surface area contributed by atoms with Crippen molar-refractivity contribution in [1.29, 1.82) is 0 Å². The Morgan fingerprint density at radius 2 is 1.91 bits per heavy atom. The maximum absolute atomic E-state index is 12.8. The van der Waals surface area contributed by atoms with E-state index in [0.717, 1.165) is 36.8 Å². The molecule has 0 spiro atoms. The van der Waals surface area contributed by atoms with Crippen molar-refractivity contribution < 1.29 is 38.0 Å². The summed E-state index contributed by atoms with van der Waals surface area (Å²) in [6.45, 7) is 4.57. The molecule has 5 nitrogen and oxygen atoms in total. The minimum Gasteiger partial charge on any atom is -0.458 e. The molecule has 0 unspecified atom stereocenters. The van der Waals surface area contributed by atoms with Gasteiger partial charge in [-0.15, -0.1) is 0 Å². The number of hydrogen-bond acceptors (Lipinski definition) is 5. The first-order chi connectivity index (χ1) is 15.7. The zero-order valence-corrected chi connectivity index (χ0v) is 20.2. The summed E-state index contributed by atoms with van der Waals surface area (Å²) in [5.41, 5.74) is 0.193. The molecule has 3 aliphatic rings. The summed E-state index contributed by atoms with van der Waals surface area (Å²) in [7, 11) is 0. The van der Waals surface area contributed by atoms with Gasteiger partial charge in [0, 0.05) is 6.42 Å². The van der Waals surface area contributed by atoms with Gasteiger partial charge in [0.1, 0.15) is 6.10 Å². The van der Waals surface area contributed by atoms with Gasteiger partial charge in [0.15, 0.2) is 5.60 Å². The first kappa shape index (κ1) is 27.0. The molecule has 0 aromatic carbocycles. The van der Waals surface area contributed by atoms with Crippen LogP contribution >= 0.6 is 0 Å². The molecule has 192 valence electrons.